The van der Waals surface area contributed by atoms with Gasteiger partial charge in [0.2, 0.25) is 0 Å². The van der Waals surface area contributed by atoms with Crippen molar-refractivity contribution in [2.24, 2.45) is 0 Å². The Balaban J connectivity index is 2.90. The molecule has 14 heavy (non-hydrogen) atoms. The molecule has 0 N–H and O–H groups in total. The number of hydrogen-bond acceptors (Lipinski definition) is 1. The Labute approximate surface area is 92.1 Å². The third kappa shape index (κ3) is 3.20. The summed E-state index contributed by atoms with van der Waals surface area (Å²) in [6.07, 6.45) is 1.98. The molecule has 0 amide bonds. The third-order valence-electron chi connectivity index (χ3n) is 1.69. The molecule has 0 aromatic heterocycles. The molecule has 1 nitrogen and oxygen atoms in total. The van der Waals surface area contributed by atoms with Gasteiger partial charge in [0.15, 0.2) is 0 Å². The lowest BCUT2D eigenvalue weighted by Gasteiger charge is -2.12. The van der Waals surface area contributed by atoms with Gasteiger partial charge >= 0.3 is 0 Å². The van der Waals surface area contributed by atoms with E-state index in [1.54, 1.807) is 0 Å². The number of hydrogen-bond donors (Lipinski definition) is 0. The Morgan fingerprint density at radius 3 is 2.64 bits per heavy atom. The number of benzene rings is 1. The summed E-state index contributed by atoms with van der Waals surface area (Å²) in [7, 11) is -0.717. The average Bonchev–Trinajstić information content (AvgIpc) is 2.14. The minimum atomic E-state index is -0.717. The highest BCUT2D eigenvalue weighted by Crippen LogP contribution is 2.20. The predicted octanol–water partition coefficient (Wildman–Crippen LogP) is 3.97. The first kappa shape index (κ1) is 11.3. The fourth-order valence-corrected chi connectivity index (χ4v) is 2.01. The van der Waals surface area contributed by atoms with Crippen molar-refractivity contribution < 1.29 is 4.43 Å². The summed E-state index contributed by atoms with van der Waals surface area (Å²) in [4.78, 5) is 0. The van der Waals surface area contributed by atoms with Crippen LogP contribution in [0.1, 0.15) is 12.5 Å². The maximum Gasteiger partial charge on any atom is 0.274 e. The number of rotatable bonds is 3. The molecule has 0 fully saturated rings. The van der Waals surface area contributed by atoms with Crippen molar-refractivity contribution in [3.63, 3.8) is 0 Å². The second-order valence-corrected chi connectivity index (χ2v) is 5.63. The molecular weight excluding hydrogens is 212 g/mol. The van der Waals surface area contributed by atoms with Crippen molar-refractivity contribution in [3.05, 3.63) is 40.9 Å². The summed E-state index contributed by atoms with van der Waals surface area (Å²) in [5.74, 6) is 0.923. The van der Waals surface area contributed by atoms with Gasteiger partial charge in [0.05, 0.1) is 0 Å². The van der Waals surface area contributed by atoms with E-state index in [2.05, 4.69) is 13.1 Å². The van der Waals surface area contributed by atoms with Crippen LogP contribution in [0.15, 0.2) is 30.3 Å². The Morgan fingerprint density at radius 2 is 2.14 bits per heavy atom. The predicted molar refractivity (Wildman–Crippen MR) is 63.7 cm³/mol. The number of allylic oxidation sites excluding steroid dienone is 1. The van der Waals surface area contributed by atoms with E-state index in [9.17, 15) is 0 Å². The van der Waals surface area contributed by atoms with E-state index in [4.69, 9.17) is 16.0 Å². The summed E-state index contributed by atoms with van der Waals surface area (Å²) in [5, 5.41) is 0.742. The normalized spacial score (nSPS) is 11.9. The van der Waals surface area contributed by atoms with Crippen molar-refractivity contribution in [2.75, 3.05) is 0 Å². The van der Waals surface area contributed by atoms with E-state index in [1.165, 1.54) is 0 Å². The maximum atomic E-state index is 5.91. The molecule has 0 aliphatic carbocycles. The summed E-state index contributed by atoms with van der Waals surface area (Å²) in [6.45, 7) is 6.19. The summed E-state index contributed by atoms with van der Waals surface area (Å²) >= 11 is 5.91. The smallest absolute Gasteiger partial charge is 0.274 e. The Kier molecular flexibility index (Phi) is 4.23. The molecule has 0 saturated heterocycles. The molecule has 1 aromatic rings. The van der Waals surface area contributed by atoms with Crippen LogP contribution < -0.4 is 0 Å². The number of halogens is 1. The van der Waals surface area contributed by atoms with Gasteiger partial charge in [-0.1, -0.05) is 23.7 Å². The average molecular weight is 226 g/mol. The van der Waals surface area contributed by atoms with Gasteiger partial charge in [0.1, 0.15) is 5.76 Å². The molecule has 1 aromatic carbocycles. The topological polar surface area (TPSA) is 9.23 Å². The molecule has 0 spiro atoms. The van der Waals surface area contributed by atoms with Crippen LogP contribution in [0, 0.1) is 0 Å². The summed E-state index contributed by atoms with van der Waals surface area (Å²) in [5.41, 5.74) is 1.05. The molecule has 0 heterocycles. The first-order valence-electron chi connectivity index (χ1n) is 4.53. The molecule has 1 radical (unpaired) electrons. The van der Waals surface area contributed by atoms with Gasteiger partial charge in [0, 0.05) is 10.6 Å². The largest absolute Gasteiger partial charge is 0.542 e. The summed E-state index contributed by atoms with van der Waals surface area (Å²) < 4.78 is 5.74. The highest BCUT2D eigenvalue weighted by molar-refractivity contribution is 6.49. The van der Waals surface area contributed by atoms with Gasteiger partial charge in [-0.25, -0.2) is 0 Å². The van der Waals surface area contributed by atoms with Crippen LogP contribution in [-0.2, 0) is 4.43 Å². The first-order valence-corrected chi connectivity index (χ1v) is 7.32. The van der Waals surface area contributed by atoms with Crippen LogP contribution in [0.4, 0.5) is 0 Å². The van der Waals surface area contributed by atoms with Crippen molar-refractivity contribution in [2.45, 2.75) is 20.0 Å². The zero-order chi connectivity index (χ0) is 10.6. The third-order valence-corrected chi connectivity index (χ3v) is 2.55. The van der Waals surface area contributed by atoms with Gasteiger partial charge in [0.25, 0.3) is 9.04 Å². The van der Waals surface area contributed by atoms with Gasteiger partial charge in [-0.3, -0.25) is 0 Å². The molecule has 0 saturated carbocycles. The molecule has 0 aliphatic heterocycles. The van der Waals surface area contributed by atoms with Crippen molar-refractivity contribution in [1.82, 2.24) is 0 Å². The van der Waals surface area contributed by atoms with Crippen molar-refractivity contribution >= 4 is 26.4 Å². The zero-order valence-electron chi connectivity index (χ0n) is 8.67. The molecule has 0 atom stereocenters. The summed E-state index contributed by atoms with van der Waals surface area (Å²) in [6, 6.07) is 7.72. The molecular formula is C11H14ClOSi. The molecule has 0 unspecified atom stereocenters. The van der Waals surface area contributed by atoms with E-state index >= 15 is 0 Å². The van der Waals surface area contributed by atoms with E-state index in [0.29, 0.717) is 0 Å². The molecule has 75 valence electrons. The lowest BCUT2D eigenvalue weighted by molar-refractivity contribution is 0.536. The minimum absolute atomic E-state index is 0.717. The van der Waals surface area contributed by atoms with E-state index in [0.717, 1.165) is 16.3 Å². The van der Waals surface area contributed by atoms with Gasteiger partial charge in [-0.15, -0.1) is 0 Å². The van der Waals surface area contributed by atoms with E-state index in [1.807, 2.05) is 37.3 Å². The minimum Gasteiger partial charge on any atom is -0.542 e. The van der Waals surface area contributed by atoms with Crippen LogP contribution >= 0.6 is 11.6 Å². The standard InChI is InChI=1S/C11H14ClOSi/c1-4-11(13-14(2)3)9-6-5-7-10(12)8-9/h4-8H,1-3H3/b11-4-. The lowest BCUT2D eigenvalue weighted by atomic mass is 10.2. The van der Waals surface area contributed by atoms with Crippen LogP contribution in [-0.4, -0.2) is 9.04 Å². The van der Waals surface area contributed by atoms with Crippen LogP contribution in [0.25, 0.3) is 5.76 Å². The lowest BCUT2D eigenvalue weighted by Crippen LogP contribution is -2.06. The quantitative estimate of drug-likeness (QED) is 0.559. The second-order valence-electron chi connectivity index (χ2n) is 3.17. The van der Waals surface area contributed by atoms with Crippen LogP contribution in [0.5, 0.6) is 0 Å². The van der Waals surface area contributed by atoms with Crippen molar-refractivity contribution in [3.8, 4) is 0 Å². The molecule has 3 heteroatoms. The highest BCUT2D eigenvalue weighted by atomic mass is 35.5. The van der Waals surface area contributed by atoms with Gasteiger partial charge < -0.3 is 4.43 Å². The SMILES string of the molecule is C/C=C(\O[Si](C)C)c1cccc(Cl)c1. The molecule has 0 aliphatic rings. The Bertz CT molecular complexity index is 334. The fraction of sp³-hybridized carbons (Fsp3) is 0.273. The maximum absolute atomic E-state index is 5.91. The highest BCUT2D eigenvalue weighted by Gasteiger charge is 2.05. The Morgan fingerprint density at radius 1 is 1.43 bits per heavy atom. The monoisotopic (exact) mass is 225 g/mol. The van der Waals surface area contributed by atoms with Crippen molar-refractivity contribution in [1.29, 1.82) is 0 Å². The zero-order valence-corrected chi connectivity index (χ0v) is 10.4. The first-order chi connectivity index (χ1) is 6.63. The molecule has 1 rings (SSSR count). The van der Waals surface area contributed by atoms with Gasteiger partial charge in [-0.2, -0.15) is 0 Å². The second kappa shape index (κ2) is 5.22. The molecule has 0 bridgehead atoms. The van der Waals surface area contributed by atoms with Crippen LogP contribution in [0.3, 0.4) is 0 Å². The van der Waals surface area contributed by atoms with E-state index < -0.39 is 9.04 Å². The van der Waals surface area contributed by atoms with Crippen LogP contribution in [0.2, 0.25) is 18.1 Å². The van der Waals surface area contributed by atoms with Gasteiger partial charge in [-0.05, 0) is 38.2 Å². The Hall–Kier alpha value is -0.733. The fourth-order valence-electron chi connectivity index (χ4n) is 1.15. The van der Waals surface area contributed by atoms with E-state index in [-0.39, 0.29) is 0 Å².